The second kappa shape index (κ2) is 8.95. The van der Waals surface area contributed by atoms with Gasteiger partial charge in [-0.3, -0.25) is 9.52 Å². The first-order valence-electron chi connectivity index (χ1n) is 10.0. The highest BCUT2D eigenvalue weighted by Crippen LogP contribution is 2.25. The van der Waals surface area contributed by atoms with Crippen molar-refractivity contribution in [3.8, 4) is 0 Å². The van der Waals surface area contributed by atoms with Gasteiger partial charge in [-0.05, 0) is 74.7 Å². The average molecular weight is 419 g/mol. The van der Waals surface area contributed by atoms with Crippen molar-refractivity contribution in [2.24, 2.45) is 0 Å². The average Bonchev–Trinajstić information content (AvgIpc) is 2.71. The van der Waals surface area contributed by atoms with E-state index in [9.17, 15) is 17.6 Å². The number of rotatable bonds is 6. The fourth-order valence-electron chi connectivity index (χ4n) is 3.81. The highest BCUT2D eigenvalue weighted by atomic mass is 32.2. The van der Waals surface area contributed by atoms with Crippen LogP contribution in [0.4, 0.5) is 10.1 Å². The number of anilines is 1. The molecule has 1 amide bonds. The van der Waals surface area contributed by atoms with Crippen LogP contribution in [0.3, 0.4) is 0 Å². The van der Waals surface area contributed by atoms with E-state index in [0.29, 0.717) is 17.8 Å². The topological polar surface area (TPSA) is 66.5 Å². The first-order chi connectivity index (χ1) is 13.8. The van der Waals surface area contributed by atoms with Gasteiger partial charge in [-0.15, -0.1) is 0 Å². The van der Waals surface area contributed by atoms with Crippen molar-refractivity contribution in [2.45, 2.75) is 56.9 Å². The third kappa shape index (κ3) is 4.96. The van der Waals surface area contributed by atoms with Crippen LogP contribution in [0.2, 0.25) is 0 Å². The quantitative estimate of drug-likeness (QED) is 0.737. The first-order valence-corrected chi connectivity index (χ1v) is 11.5. The molecule has 2 aromatic rings. The van der Waals surface area contributed by atoms with Gasteiger partial charge >= 0.3 is 0 Å². The lowest BCUT2D eigenvalue weighted by Gasteiger charge is -2.33. The number of carbonyl (C=O) groups excluding carboxylic acids is 1. The number of benzene rings is 2. The van der Waals surface area contributed by atoms with Crippen LogP contribution in [-0.2, 0) is 10.0 Å². The maximum absolute atomic E-state index is 13.4. The molecule has 0 aliphatic heterocycles. The lowest BCUT2D eigenvalue weighted by Crippen LogP contribution is -2.41. The zero-order chi connectivity index (χ0) is 21.0. The molecule has 0 unspecified atom stereocenters. The Labute approximate surface area is 172 Å². The summed E-state index contributed by atoms with van der Waals surface area (Å²) in [7, 11) is -3.84. The molecular weight excluding hydrogens is 391 g/mol. The Kier molecular flexibility index (Phi) is 6.57. The number of amides is 1. The molecule has 1 aliphatic rings. The van der Waals surface area contributed by atoms with Crippen LogP contribution in [0, 0.1) is 12.7 Å². The number of nitrogens with zero attached hydrogens (tertiary/aromatic N) is 1. The number of hydrogen-bond donors (Lipinski definition) is 1. The van der Waals surface area contributed by atoms with E-state index < -0.39 is 15.8 Å². The molecule has 2 aromatic carbocycles. The fourth-order valence-corrected chi connectivity index (χ4v) is 4.95. The summed E-state index contributed by atoms with van der Waals surface area (Å²) in [6.07, 6.45) is 5.60. The summed E-state index contributed by atoms with van der Waals surface area (Å²) < 4.78 is 41.0. The molecule has 1 aliphatic carbocycles. The molecule has 156 valence electrons. The predicted molar refractivity (Wildman–Crippen MR) is 112 cm³/mol. The lowest BCUT2D eigenvalue weighted by molar-refractivity contribution is 0.0648. The monoisotopic (exact) mass is 418 g/mol. The Morgan fingerprint density at radius 3 is 2.34 bits per heavy atom. The summed E-state index contributed by atoms with van der Waals surface area (Å²) in [6.45, 7) is 4.15. The van der Waals surface area contributed by atoms with E-state index in [1.165, 1.54) is 25.5 Å². The van der Waals surface area contributed by atoms with Gasteiger partial charge < -0.3 is 4.90 Å². The Morgan fingerprint density at radius 2 is 1.76 bits per heavy atom. The summed E-state index contributed by atoms with van der Waals surface area (Å²) in [6, 6.07) is 10.4. The van der Waals surface area contributed by atoms with Crippen LogP contribution in [0.1, 0.15) is 54.9 Å². The number of carbonyl (C=O) groups is 1. The molecule has 29 heavy (non-hydrogen) atoms. The lowest BCUT2D eigenvalue weighted by atomic mass is 9.93. The van der Waals surface area contributed by atoms with Crippen LogP contribution in [0.15, 0.2) is 47.4 Å². The molecule has 7 heteroatoms. The maximum Gasteiger partial charge on any atom is 0.261 e. The standard InChI is InChI=1S/C22H27FN2O3S/c1-3-25(19-7-5-4-6-8-19)22(26)17-9-11-18(12-10-17)24-29(27,28)20-13-14-21(23)16(2)15-20/h9-15,19,24H,3-8H2,1-2H3. The highest BCUT2D eigenvalue weighted by molar-refractivity contribution is 7.92. The molecule has 0 radical (unpaired) electrons. The van der Waals surface area contributed by atoms with Crippen LogP contribution in [0.5, 0.6) is 0 Å². The molecule has 1 N–H and O–H groups in total. The van der Waals surface area contributed by atoms with Crippen molar-refractivity contribution in [1.29, 1.82) is 0 Å². The Morgan fingerprint density at radius 1 is 1.10 bits per heavy atom. The number of hydrogen-bond acceptors (Lipinski definition) is 3. The van der Waals surface area contributed by atoms with Crippen LogP contribution >= 0.6 is 0 Å². The molecule has 3 rings (SSSR count). The summed E-state index contributed by atoms with van der Waals surface area (Å²) in [4.78, 5) is 14.8. The number of aryl methyl sites for hydroxylation is 1. The molecule has 5 nitrogen and oxygen atoms in total. The molecule has 0 bridgehead atoms. The zero-order valence-corrected chi connectivity index (χ0v) is 17.6. The van der Waals surface area contributed by atoms with Crippen molar-refractivity contribution in [1.82, 2.24) is 4.90 Å². The van der Waals surface area contributed by atoms with Gasteiger partial charge in [0, 0.05) is 23.8 Å². The molecule has 0 spiro atoms. The number of halogens is 1. The first kappa shape index (κ1) is 21.3. The van der Waals surface area contributed by atoms with Crippen molar-refractivity contribution < 1.29 is 17.6 Å². The zero-order valence-electron chi connectivity index (χ0n) is 16.8. The van der Waals surface area contributed by atoms with Crippen LogP contribution in [-0.4, -0.2) is 31.8 Å². The largest absolute Gasteiger partial charge is 0.336 e. The van der Waals surface area contributed by atoms with E-state index in [4.69, 9.17) is 0 Å². The number of nitrogens with one attached hydrogen (secondary N) is 1. The minimum atomic E-state index is -3.84. The highest BCUT2D eigenvalue weighted by Gasteiger charge is 2.25. The van der Waals surface area contributed by atoms with Gasteiger partial charge in [0.2, 0.25) is 0 Å². The minimum Gasteiger partial charge on any atom is -0.336 e. The van der Waals surface area contributed by atoms with Crippen molar-refractivity contribution >= 4 is 21.6 Å². The van der Waals surface area contributed by atoms with Crippen molar-refractivity contribution in [2.75, 3.05) is 11.3 Å². The normalized spacial score (nSPS) is 15.1. The van der Waals surface area contributed by atoms with Crippen molar-refractivity contribution in [3.05, 3.63) is 59.4 Å². The van der Waals surface area contributed by atoms with E-state index in [1.54, 1.807) is 24.3 Å². The van der Waals surface area contributed by atoms with Gasteiger partial charge in [0.05, 0.1) is 4.90 Å². The van der Waals surface area contributed by atoms with E-state index >= 15 is 0 Å². The third-order valence-corrected chi connectivity index (χ3v) is 6.82. The van der Waals surface area contributed by atoms with Crippen molar-refractivity contribution in [3.63, 3.8) is 0 Å². The van der Waals surface area contributed by atoms with Gasteiger partial charge in [0.1, 0.15) is 5.82 Å². The van der Waals surface area contributed by atoms with E-state index in [1.807, 2.05) is 11.8 Å². The Hall–Kier alpha value is -2.41. The Bertz CT molecular complexity index is 968. The number of sulfonamides is 1. The van der Waals surface area contributed by atoms with Crippen LogP contribution in [0.25, 0.3) is 0 Å². The van der Waals surface area contributed by atoms with E-state index in [0.717, 1.165) is 31.7 Å². The Balaban J connectivity index is 1.73. The molecule has 1 fully saturated rings. The minimum absolute atomic E-state index is 0.00832. The van der Waals surface area contributed by atoms with Gasteiger partial charge in [0.25, 0.3) is 15.9 Å². The molecule has 0 atom stereocenters. The summed E-state index contributed by atoms with van der Waals surface area (Å²) >= 11 is 0. The van der Waals surface area contributed by atoms with Gasteiger partial charge in [0.15, 0.2) is 0 Å². The van der Waals surface area contributed by atoms with E-state index in [2.05, 4.69) is 4.72 Å². The second-order valence-corrected chi connectivity index (χ2v) is 9.16. The molecule has 0 aromatic heterocycles. The smallest absolute Gasteiger partial charge is 0.261 e. The molecule has 0 saturated heterocycles. The van der Waals surface area contributed by atoms with Crippen LogP contribution < -0.4 is 4.72 Å². The summed E-state index contributed by atoms with van der Waals surface area (Å²) in [5.41, 5.74) is 1.15. The third-order valence-electron chi connectivity index (χ3n) is 5.44. The van der Waals surface area contributed by atoms with E-state index in [-0.39, 0.29) is 22.4 Å². The summed E-state index contributed by atoms with van der Waals surface area (Å²) in [5, 5.41) is 0. The maximum atomic E-state index is 13.4. The molecular formula is C22H27FN2O3S. The molecule has 1 saturated carbocycles. The van der Waals surface area contributed by atoms with Gasteiger partial charge in [-0.25, -0.2) is 12.8 Å². The predicted octanol–water partition coefficient (Wildman–Crippen LogP) is 4.73. The van der Waals surface area contributed by atoms with Gasteiger partial charge in [-0.2, -0.15) is 0 Å². The summed E-state index contributed by atoms with van der Waals surface area (Å²) in [5.74, 6) is -0.478. The fraction of sp³-hybridized carbons (Fsp3) is 0.409. The second-order valence-electron chi connectivity index (χ2n) is 7.48. The SMILES string of the molecule is CCN(C(=O)c1ccc(NS(=O)(=O)c2ccc(F)c(C)c2)cc1)C1CCCCC1. The van der Waals surface area contributed by atoms with Gasteiger partial charge in [-0.1, -0.05) is 19.3 Å². The molecule has 0 heterocycles.